The molecule has 0 radical (unpaired) electrons. The second kappa shape index (κ2) is 6.26. The Morgan fingerprint density at radius 2 is 2.56 bits per heavy atom. The molecular weight excluding hydrogens is 222 g/mol. The van der Waals surface area contributed by atoms with E-state index in [0.29, 0.717) is 25.1 Å². The number of thiazole rings is 1. The highest BCUT2D eigenvalue weighted by molar-refractivity contribution is 7.09. The lowest BCUT2D eigenvalue weighted by atomic mass is 10.2. The molecule has 0 aliphatic rings. The van der Waals surface area contributed by atoms with Crippen molar-refractivity contribution in [3.05, 3.63) is 16.1 Å². The molecule has 1 aromatic heterocycles. The average molecular weight is 237 g/mol. The molecule has 1 rings (SSSR count). The van der Waals surface area contributed by atoms with E-state index in [2.05, 4.69) is 16.2 Å². The number of hydrogen-bond acceptors (Lipinski definition) is 4. The maximum atomic E-state index is 11.7. The van der Waals surface area contributed by atoms with Crippen molar-refractivity contribution in [2.24, 2.45) is 5.73 Å². The number of carbonyl (C=O) groups is 1. The summed E-state index contributed by atoms with van der Waals surface area (Å²) >= 11 is 1.45. The van der Waals surface area contributed by atoms with Crippen LogP contribution in [0, 0.1) is 12.3 Å². The summed E-state index contributed by atoms with van der Waals surface area (Å²) in [5.74, 6) is 2.32. The SMILES string of the molecule is C#CCC(C)NC(=O)c1csc(CCN)n1. The molecule has 86 valence electrons. The molecule has 1 amide bonds. The number of nitrogens with one attached hydrogen (secondary N) is 1. The maximum absolute atomic E-state index is 11.7. The van der Waals surface area contributed by atoms with Crippen LogP contribution in [-0.2, 0) is 6.42 Å². The molecule has 1 aromatic rings. The number of nitrogens with two attached hydrogens (primary N) is 1. The van der Waals surface area contributed by atoms with Crippen LogP contribution in [0.5, 0.6) is 0 Å². The number of carbonyl (C=O) groups excluding carboxylic acids is 1. The minimum atomic E-state index is -0.178. The average Bonchev–Trinajstić information content (AvgIpc) is 2.67. The van der Waals surface area contributed by atoms with Crippen molar-refractivity contribution >= 4 is 17.2 Å². The fourth-order valence-corrected chi connectivity index (χ4v) is 1.97. The van der Waals surface area contributed by atoms with Gasteiger partial charge in [0, 0.05) is 24.3 Å². The second-order valence-corrected chi connectivity index (χ2v) is 4.39. The maximum Gasteiger partial charge on any atom is 0.270 e. The Morgan fingerprint density at radius 3 is 3.19 bits per heavy atom. The molecule has 5 heteroatoms. The van der Waals surface area contributed by atoms with Gasteiger partial charge in [-0.05, 0) is 13.5 Å². The van der Waals surface area contributed by atoms with Crippen molar-refractivity contribution in [1.82, 2.24) is 10.3 Å². The van der Waals surface area contributed by atoms with E-state index in [0.717, 1.165) is 5.01 Å². The number of rotatable bonds is 5. The number of aromatic nitrogens is 1. The molecule has 0 aliphatic carbocycles. The van der Waals surface area contributed by atoms with Gasteiger partial charge < -0.3 is 11.1 Å². The van der Waals surface area contributed by atoms with Gasteiger partial charge in [0.05, 0.1) is 5.01 Å². The molecule has 3 N–H and O–H groups in total. The van der Waals surface area contributed by atoms with Gasteiger partial charge >= 0.3 is 0 Å². The van der Waals surface area contributed by atoms with Gasteiger partial charge in [-0.2, -0.15) is 0 Å². The number of amides is 1. The van der Waals surface area contributed by atoms with E-state index >= 15 is 0 Å². The van der Waals surface area contributed by atoms with Crippen LogP contribution in [0.3, 0.4) is 0 Å². The van der Waals surface area contributed by atoms with Crippen molar-refractivity contribution < 1.29 is 4.79 Å². The van der Waals surface area contributed by atoms with Crippen LogP contribution in [-0.4, -0.2) is 23.5 Å². The summed E-state index contributed by atoms with van der Waals surface area (Å²) in [5, 5.41) is 5.41. The first kappa shape index (κ1) is 12.7. The van der Waals surface area contributed by atoms with Gasteiger partial charge in [-0.1, -0.05) is 0 Å². The van der Waals surface area contributed by atoms with E-state index in [-0.39, 0.29) is 11.9 Å². The van der Waals surface area contributed by atoms with Gasteiger partial charge in [-0.3, -0.25) is 4.79 Å². The van der Waals surface area contributed by atoms with Crippen molar-refractivity contribution in [2.45, 2.75) is 25.8 Å². The van der Waals surface area contributed by atoms with Crippen LogP contribution in [0.1, 0.15) is 28.8 Å². The van der Waals surface area contributed by atoms with Crippen molar-refractivity contribution in [3.63, 3.8) is 0 Å². The minimum Gasteiger partial charge on any atom is -0.347 e. The standard InChI is InChI=1S/C11H15N3OS/c1-3-4-8(2)13-11(15)9-7-16-10(14-9)5-6-12/h1,7-8H,4-6,12H2,2H3,(H,13,15). The third-order valence-corrected chi connectivity index (χ3v) is 2.85. The summed E-state index contributed by atoms with van der Waals surface area (Å²) in [7, 11) is 0. The van der Waals surface area contributed by atoms with Crippen molar-refractivity contribution in [3.8, 4) is 12.3 Å². The Labute approximate surface area is 99.3 Å². The van der Waals surface area contributed by atoms with Gasteiger partial charge in [-0.25, -0.2) is 4.98 Å². The van der Waals surface area contributed by atoms with Crippen molar-refractivity contribution in [1.29, 1.82) is 0 Å². The van der Waals surface area contributed by atoms with Crippen LogP contribution in [0.2, 0.25) is 0 Å². The van der Waals surface area contributed by atoms with Crippen LogP contribution in [0.4, 0.5) is 0 Å². The zero-order chi connectivity index (χ0) is 12.0. The predicted octanol–water partition coefficient (Wildman–Crippen LogP) is 0.786. The van der Waals surface area contributed by atoms with Gasteiger partial charge in [0.1, 0.15) is 5.69 Å². The second-order valence-electron chi connectivity index (χ2n) is 3.45. The van der Waals surface area contributed by atoms with Crippen molar-refractivity contribution in [2.75, 3.05) is 6.54 Å². The first-order valence-electron chi connectivity index (χ1n) is 5.06. The molecule has 0 fully saturated rings. The molecule has 0 saturated heterocycles. The topological polar surface area (TPSA) is 68.0 Å². The number of terminal acetylenes is 1. The molecule has 1 unspecified atom stereocenters. The normalized spacial score (nSPS) is 11.8. The molecule has 1 atom stereocenters. The quantitative estimate of drug-likeness (QED) is 0.744. The van der Waals surface area contributed by atoms with Crippen LogP contribution >= 0.6 is 11.3 Å². The summed E-state index contributed by atoms with van der Waals surface area (Å²) < 4.78 is 0. The van der Waals surface area contributed by atoms with E-state index in [1.54, 1.807) is 5.38 Å². The monoisotopic (exact) mass is 237 g/mol. The lowest BCUT2D eigenvalue weighted by Crippen LogP contribution is -2.32. The van der Waals surface area contributed by atoms with E-state index in [9.17, 15) is 4.79 Å². The van der Waals surface area contributed by atoms with E-state index in [1.165, 1.54) is 11.3 Å². The first-order chi connectivity index (χ1) is 7.67. The molecule has 0 aliphatic heterocycles. The van der Waals surface area contributed by atoms with E-state index in [1.807, 2.05) is 6.92 Å². The molecular formula is C11H15N3OS. The summed E-state index contributed by atoms with van der Waals surface area (Å²) in [5.41, 5.74) is 5.85. The molecule has 0 saturated carbocycles. The summed E-state index contributed by atoms with van der Waals surface area (Å²) in [4.78, 5) is 15.9. The summed E-state index contributed by atoms with van der Waals surface area (Å²) in [6.45, 7) is 2.41. The van der Waals surface area contributed by atoms with Gasteiger partial charge in [-0.15, -0.1) is 23.7 Å². The molecule has 0 spiro atoms. The highest BCUT2D eigenvalue weighted by Gasteiger charge is 2.12. The van der Waals surface area contributed by atoms with Gasteiger partial charge in [0.15, 0.2) is 0 Å². The summed E-state index contributed by atoms with van der Waals surface area (Å²) in [6, 6.07) is -0.0304. The third-order valence-electron chi connectivity index (χ3n) is 1.94. The molecule has 1 heterocycles. The smallest absolute Gasteiger partial charge is 0.270 e. The fourth-order valence-electron chi connectivity index (χ4n) is 1.18. The van der Waals surface area contributed by atoms with Crippen LogP contribution in [0.25, 0.3) is 0 Å². The zero-order valence-corrected chi connectivity index (χ0v) is 10.0. The first-order valence-corrected chi connectivity index (χ1v) is 5.94. The Bertz CT molecular complexity index is 394. The highest BCUT2D eigenvalue weighted by Crippen LogP contribution is 2.10. The van der Waals surface area contributed by atoms with E-state index < -0.39 is 0 Å². The Morgan fingerprint density at radius 1 is 1.81 bits per heavy atom. The minimum absolute atomic E-state index is 0.0304. The molecule has 4 nitrogen and oxygen atoms in total. The highest BCUT2D eigenvalue weighted by atomic mass is 32.1. The number of nitrogens with zero attached hydrogens (tertiary/aromatic N) is 1. The lowest BCUT2D eigenvalue weighted by molar-refractivity contribution is 0.0936. The third kappa shape index (κ3) is 3.65. The van der Waals surface area contributed by atoms with Crippen LogP contribution < -0.4 is 11.1 Å². The lowest BCUT2D eigenvalue weighted by Gasteiger charge is -2.08. The molecule has 0 bridgehead atoms. The predicted molar refractivity (Wildman–Crippen MR) is 65.3 cm³/mol. The summed E-state index contributed by atoms with van der Waals surface area (Å²) in [6.07, 6.45) is 6.38. The molecule has 0 aromatic carbocycles. The zero-order valence-electron chi connectivity index (χ0n) is 9.19. The molecule has 16 heavy (non-hydrogen) atoms. The van der Waals surface area contributed by atoms with Crippen LogP contribution in [0.15, 0.2) is 5.38 Å². The number of hydrogen-bond donors (Lipinski definition) is 2. The van der Waals surface area contributed by atoms with Gasteiger partial charge in [0.25, 0.3) is 5.91 Å². The Balaban J connectivity index is 2.56. The largest absolute Gasteiger partial charge is 0.347 e. The Kier molecular flexibility index (Phi) is 4.96. The fraction of sp³-hybridized carbons (Fsp3) is 0.455. The van der Waals surface area contributed by atoms with E-state index in [4.69, 9.17) is 12.2 Å². The Hall–Kier alpha value is -1.38. The van der Waals surface area contributed by atoms with Gasteiger partial charge in [0.2, 0.25) is 0 Å².